The summed E-state index contributed by atoms with van der Waals surface area (Å²) >= 11 is 0. The average molecular weight is 256 g/mol. The van der Waals surface area contributed by atoms with Crippen molar-refractivity contribution >= 4 is 0 Å². The van der Waals surface area contributed by atoms with Crippen molar-refractivity contribution in [3.63, 3.8) is 0 Å². The largest absolute Gasteiger partial charge is 0.394 e. The van der Waals surface area contributed by atoms with Crippen LogP contribution in [0, 0.1) is 0 Å². The Hall–Kier alpha value is 0.474. The molecule has 1 saturated heterocycles. The maximum Gasteiger partial charge on any atom is 0.186 e. The van der Waals surface area contributed by atoms with Crippen LogP contribution in [0.4, 0.5) is 0 Å². The third-order valence-corrected chi connectivity index (χ3v) is 2.69. The zero-order valence-electron chi connectivity index (χ0n) is 8.37. The Kier molecular flexibility index (Phi) is 5.88. The zero-order valence-corrected chi connectivity index (χ0v) is 9.93. The first-order valence-electron chi connectivity index (χ1n) is 4.50. The normalized spacial score (nSPS) is 46.0. The molecular formula is C8H16O6Ti. The van der Waals surface area contributed by atoms with Crippen LogP contribution in [0.3, 0.4) is 0 Å². The summed E-state index contributed by atoms with van der Waals surface area (Å²) in [7, 11) is 0. The van der Waals surface area contributed by atoms with E-state index in [2.05, 4.69) is 0 Å². The fourth-order valence-corrected chi connectivity index (χ4v) is 1.54. The molecule has 88 valence electrons. The second-order valence-electron chi connectivity index (χ2n) is 3.49. The number of hydrogen-bond donors (Lipinski definition) is 5. The molecule has 6 nitrogen and oxygen atoms in total. The fourth-order valence-electron chi connectivity index (χ4n) is 1.54. The first kappa shape index (κ1) is 15.5. The topological polar surface area (TPSA) is 110 Å². The van der Waals surface area contributed by atoms with E-state index in [0.717, 1.165) is 0 Å². The predicted molar refractivity (Wildman–Crippen MR) is 45.2 cm³/mol. The third kappa shape index (κ3) is 2.59. The van der Waals surface area contributed by atoms with Gasteiger partial charge < -0.3 is 30.3 Å². The van der Waals surface area contributed by atoms with E-state index in [0.29, 0.717) is 0 Å². The quantitative estimate of drug-likeness (QED) is 0.351. The van der Waals surface area contributed by atoms with E-state index in [4.69, 9.17) is 9.84 Å². The molecule has 15 heavy (non-hydrogen) atoms. The molecule has 0 radical (unpaired) electrons. The number of aliphatic hydroxyl groups excluding tert-OH is 4. The molecule has 1 rings (SSSR count). The van der Waals surface area contributed by atoms with Gasteiger partial charge in [-0.2, -0.15) is 0 Å². The number of aliphatic hydroxyl groups is 5. The van der Waals surface area contributed by atoms with Crippen molar-refractivity contribution in [2.45, 2.75) is 43.5 Å². The number of hydrogen-bond acceptors (Lipinski definition) is 6. The van der Waals surface area contributed by atoms with E-state index in [1.165, 1.54) is 0 Å². The summed E-state index contributed by atoms with van der Waals surface area (Å²) < 4.78 is 4.77. The standard InChI is InChI=1S/C8H16O6.Ti/c1-2-8(13)6(11)5(10)4(3-9)14-7(8)12;/h4-7,9-13H,2-3H2,1H3;. The molecule has 0 aromatic heterocycles. The van der Waals surface area contributed by atoms with Gasteiger partial charge >= 0.3 is 0 Å². The minimum absolute atomic E-state index is 0. The Labute approximate surface area is 102 Å². The first-order chi connectivity index (χ1) is 6.47. The maximum absolute atomic E-state index is 9.73. The Balaban J connectivity index is 0.00000196. The molecule has 5 atom stereocenters. The van der Waals surface area contributed by atoms with Crippen molar-refractivity contribution in [3.05, 3.63) is 0 Å². The summed E-state index contributed by atoms with van der Waals surface area (Å²) in [6.07, 6.45) is -5.60. The van der Waals surface area contributed by atoms with Gasteiger partial charge in [0.25, 0.3) is 0 Å². The van der Waals surface area contributed by atoms with Crippen LogP contribution in [0.15, 0.2) is 0 Å². The molecule has 0 spiro atoms. The predicted octanol–water partition coefficient (Wildman–Crippen LogP) is -2.44. The van der Waals surface area contributed by atoms with Crippen LogP contribution in [0.25, 0.3) is 0 Å². The summed E-state index contributed by atoms with van der Waals surface area (Å²) in [5.41, 5.74) is -1.88. The second-order valence-corrected chi connectivity index (χ2v) is 3.49. The van der Waals surface area contributed by atoms with Crippen molar-refractivity contribution in [2.75, 3.05) is 6.61 Å². The fraction of sp³-hybridized carbons (Fsp3) is 1.00. The van der Waals surface area contributed by atoms with Crippen LogP contribution in [-0.2, 0) is 26.5 Å². The molecule has 1 fully saturated rings. The first-order valence-corrected chi connectivity index (χ1v) is 4.50. The molecule has 7 heteroatoms. The van der Waals surface area contributed by atoms with Crippen molar-refractivity contribution < 1.29 is 52.0 Å². The van der Waals surface area contributed by atoms with Gasteiger partial charge in [0, 0.05) is 21.7 Å². The molecule has 1 aliphatic rings. The molecule has 0 saturated carbocycles. The van der Waals surface area contributed by atoms with Crippen LogP contribution in [0.2, 0.25) is 0 Å². The van der Waals surface area contributed by atoms with Gasteiger partial charge in [-0.3, -0.25) is 0 Å². The minimum atomic E-state index is -1.88. The van der Waals surface area contributed by atoms with E-state index in [-0.39, 0.29) is 28.1 Å². The van der Waals surface area contributed by atoms with Gasteiger partial charge in [0.05, 0.1) is 6.61 Å². The Bertz CT molecular complexity index is 204. The number of ether oxygens (including phenoxy) is 1. The van der Waals surface area contributed by atoms with Crippen LogP contribution in [0.5, 0.6) is 0 Å². The molecule has 5 N–H and O–H groups in total. The van der Waals surface area contributed by atoms with Crippen molar-refractivity contribution in [3.8, 4) is 0 Å². The Morgan fingerprint density at radius 1 is 1.27 bits per heavy atom. The second kappa shape index (κ2) is 5.70. The molecule has 0 aromatic rings. The van der Waals surface area contributed by atoms with Crippen LogP contribution in [0.1, 0.15) is 13.3 Å². The minimum Gasteiger partial charge on any atom is -0.394 e. The Morgan fingerprint density at radius 2 is 1.80 bits per heavy atom. The molecule has 0 aliphatic carbocycles. The number of rotatable bonds is 2. The Morgan fingerprint density at radius 3 is 2.20 bits per heavy atom. The zero-order chi connectivity index (χ0) is 10.9. The summed E-state index contributed by atoms with van der Waals surface area (Å²) in [6, 6.07) is 0. The van der Waals surface area contributed by atoms with Gasteiger partial charge in [-0.1, -0.05) is 6.92 Å². The molecule has 0 aromatic carbocycles. The summed E-state index contributed by atoms with van der Waals surface area (Å²) in [4.78, 5) is 0. The van der Waals surface area contributed by atoms with Crippen LogP contribution >= 0.6 is 0 Å². The van der Waals surface area contributed by atoms with Crippen molar-refractivity contribution in [1.82, 2.24) is 0 Å². The molecule has 1 heterocycles. The van der Waals surface area contributed by atoms with Gasteiger partial charge in [-0.15, -0.1) is 0 Å². The average Bonchev–Trinajstić information content (AvgIpc) is 2.20. The third-order valence-electron chi connectivity index (χ3n) is 2.69. The summed E-state index contributed by atoms with van der Waals surface area (Å²) in [6.45, 7) is 1.01. The maximum atomic E-state index is 9.73. The molecule has 0 amide bonds. The van der Waals surface area contributed by atoms with Gasteiger partial charge in [0.1, 0.15) is 23.9 Å². The van der Waals surface area contributed by atoms with E-state index >= 15 is 0 Å². The summed E-state index contributed by atoms with van der Waals surface area (Å²) in [5.74, 6) is 0. The summed E-state index contributed by atoms with van der Waals surface area (Å²) in [5, 5.41) is 46.8. The van der Waals surface area contributed by atoms with Crippen LogP contribution in [-0.4, -0.2) is 62.3 Å². The van der Waals surface area contributed by atoms with Crippen molar-refractivity contribution in [1.29, 1.82) is 0 Å². The monoisotopic (exact) mass is 256 g/mol. The van der Waals surface area contributed by atoms with Gasteiger partial charge in [0.2, 0.25) is 0 Å². The van der Waals surface area contributed by atoms with Gasteiger partial charge in [-0.25, -0.2) is 0 Å². The van der Waals surface area contributed by atoms with Gasteiger partial charge in [0.15, 0.2) is 6.29 Å². The SMILES string of the molecule is CCC1(O)C(O)OC(CO)C(O)C1O.[Ti]. The van der Waals surface area contributed by atoms with Crippen molar-refractivity contribution in [2.24, 2.45) is 0 Å². The smallest absolute Gasteiger partial charge is 0.186 e. The molecule has 0 bridgehead atoms. The molecular weight excluding hydrogens is 240 g/mol. The van der Waals surface area contributed by atoms with Crippen LogP contribution < -0.4 is 0 Å². The molecule has 1 aliphatic heterocycles. The molecule has 5 unspecified atom stereocenters. The van der Waals surface area contributed by atoms with Gasteiger partial charge in [-0.05, 0) is 6.42 Å². The van der Waals surface area contributed by atoms with E-state index in [9.17, 15) is 20.4 Å². The van der Waals surface area contributed by atoms with E-state index in [1.54, 1.807) is 6.92 Å². The van der Waals surface area contributed by atoms with E-state index < -0.39 is 36.8 Å². The van der Waals surface area contributed by atoms with E-state index in [1.807, 2.05) is 0 Å².